The van der Waals surface area contributed by atoms with Gasteiger partial charge < -0.3 is 15.2 Å². The van der Waals surface area contributed by atoms with Gasteiger partial charge >= 0.3 is 0 Å². The third-order valence-electron chi connectivity index (χ3n) is 5.46. The smallest absolute Gasteiger partial charge is 0.191 e. The lowest BCUT2D eigenvalue weighted by atomic mass is 10.1. The fourth-order valence-electron chi connectivity index (χ4n) is 3.92. The number of benzene rings is 1. The lowest BCUT2D eigenvalue weighted by Crippen LogP contribution is -2.37. The summed E-state index contributed by atoms with van der Waals surface area (Å²) in [4.78, 5) is 5.02. The van der Waals surface area contributed by atoms with E-state index in [1.54, 1.807) is 6.07 Å². The molecule has 0 fully saturated rings. The minimum Gasteiger partial charge on any atom is -0.357 e. The number of hydrogen-bond acceptors (Lipinski definition) is 5. The van der Waals surface area contributed by atoms with Crippen molar-refractivity contribution in [3.63, 3.8) is 0 Å². The van der Waals surface area contributed by atoms with Crippen molar-refractivity contribution in [3.05, 3.63) is 41.0 Å². The van der Waals surface area contributed by atoms with Crippen molar-refractivity contribution in [2.45, 2.75) is 70.4 Å². The summed E-state index contributed by atoms with van der Waals surface area (Å²) in [7, 11) is -3.20. The zero-order valence-electron chi connectivity index (χ0n) is 18.8. The van der Waals surface area contributed by atoms with Gasteiger partial charge in [-0.2, -0.15) is 0 Å². The number of aromatic nitrogens is 3. The van der Waals surface area contributed by atoms with Gasteiger partial charge in [0.05, 0.1) is 11.4 Å². The van der Waals surface area contributed by atoms with Crippen molar-refractivity contribution in [1.82, 2.24) is 25.4 Å². The Balaban J connectivity index is 1.53. The number of rotatable bonds is 8. The van der Waals surface area contributed by atoms with Gasteiger partial charge in [-0.3, -0.25) is 0 Å². The fraction of sp³-hybridized carbons (Fsp3) is 0.591. The van der Waals surface area contributed by atoms with Crippen LogP contribution in [0.2, 0.25) is 0 Å². The molecule has 31 heavy (non-hydrogen) atoms. The first kappa shape index (κ1) is 23.2. The molecular formula is C22H34N6O2S. The van der Waals surface area contributed by atoms with Crippen LogP contribution in [0, 0.1) is 6.92 Å². The molecule has 1 aromatic carbocycles. The molecule has 2 aromatic rings. The van der Waals surface area contributed by atoms with Crippen molar-refractivity contribution >= 4 is 15.8 Å². The normalized spacial score (nSPS) is 14.7. The summed E-state index contributed by atoms with van der Waals surface area (Å²) in [5.74, 6) is 2.97. The Bertz CT molecular complexity index is 1010. The maximum Gasteiger partial charge on any atom is 0.191 e. The largest absolute Gasteiger partial charge is 0.357 e. The van der Waals surface area contributed by atoms with Crippen LogP contribution >= 0.6 is 0 Å². The minimum atomic E-state index is -3.20. The van der Waals surface area contributed by atoms with Crippen molar-refractivity contribution in [1.29, 1.82) is 0 Å². The van der Waals surface area contributed by atoms with Gasteiger partial charge in [-0.15, -0.1) is 10.2 Å². The van der Waals surface area contributed by atoms with Gasteiger partial charge in [0.2, 0.25) is 0 Å². The van der Waals surface area contributed by atoms with E-state index >= 15 is 0 Å². The van der Waals surface area contributed by atoms with Crippen LogP contribution in [0.3, 0.4) is 0 Å². The first-order valence-electron chi connectivity index (χ1n) is 11.1. The summed E-state index contributed by atoms with van der Waals surface area (Å²) in [5, 5.41) is 15.4. The highest BCUT2D eigenvalue weighted by molar-refractivity contribution is 7.90. The third-order valence-corrected chi connectivity index (χ3v) is 6.72. The maximum atomic E-state index is 11.8. The van der Waals surface area contributed by atoms with Crippen LogP contribution in [0.4, 0.5) is 0 Å². The number of aliphatic imine (C=N–C) groups is 1. The number of nitrogens with one attached hydrogen (secondary N) is 2. The first-order valence-corrected chi connectivity index (χ1v) is 13.0. The van der Waals surface area contributed by atoms with Gasteiger partial charge in [-0.1, -0.05) is 18.6 Å². The summed E-state index contributed by atoms with van der Waals surface area (Å²) >= 11 is 0. The van der Waals surface area contributed by atoms with Gasteiger partial charge in [0.1, 0.15) is 11.6 Å². The molecular weight excluding hydrogens is 412 g/mol. The quantitative estimate of drug-likeness (QED) is 0.367. The van der Waals surface area contributed by atoms with E-state index in [2.05, 4.69) is 30.4 Å². The molecule has 1 aromatic heterocycles. The molecule has 8 nitrogen and oxygen atoms in total. The molecule has 0 radical (unpaired) electrons. The molecule has 170 valence electrons. The summed E-state index contributed by atoms with van der Waals surface area (Å²) in [5.41, 5.74) is 1.73. The van der Waals surface area contributed by atoms with Crippen LogP contribution in [0.1, 0.15) is 55.4 Å². The van der Waals surface area contributed by atoms with E-state index in [1.807, 2.05) is 26.0 Å². The number of hydrogen-bond donors (Lipinski definition) is 2. The van der Waals surface area contributed by atoms with Crippen molar-refractivity contribution in [2.24, 2.45) is 4.99 Å². The SMILES string of the molecule is CCNC(=NCc1ccc(S(C)(=O)=O)c(C)c1)NCCCc1nnc2n1CCCCC2. The molecule has 0 bridgehead atoms. The van der Waals surface area contributed by atoms with E-state index in [1.165, 1.54) is 25.5 Å². The fourth-order valence-corrected chi connectivity index (χ4v) is 4.88. The second-order valence-electron chi connectivity index (χ2n) is 8.09. The molecule has 0 amide bonds. The highest BCUT2D eigenvalue weighted by atomic mass is 32.2. The monoisotopic (exact) mass is 446 g/mol. The molecule has 0 saturated heterocycles. The number of nitrogens with zero attached hydrogens (tertiary/aromatic N) is 4. The van der Waals surface area contributed by atoms with E-state index in [-0.39, 0.29) is 0 Å². The average molecular weight is 447 g/mol. The Labute approximate surface area is 185 Å². The van der Waals surface area contributed by atoms with E-state index in [0.29, 0.717) is 11.4 Å². The predicted octanol–water partition coefficient (Wildman–Crippen LogP) is 2.40. The Hall–Kier alpha value is -2.42. The van der Waals surface area contributed by atoms with Gasteiger partial charge in [-0.25, -0.2) is 13.4 Å². The van der Waals surface area contributed by atoms with Crippen LogP contribution in [0.25, 0.3) is 0 Å². The van der Waals surface area contributed by atoms with Gasteiger partial charge in [-0.05, 0) is 50.3 Å². The second-order valence-corrected chi connectivity index (χ2v) is 10.1. The van der Waals surface area contributed by atoms with Gasteiger partial charge in [0.25, 0.3) is 0 Å². The van der Waals surface area contributed by atoms with Gasteiger partial charge in [0.15, 0.2) is 15.8 Å². The second kappa shape index (κ2) is 10.7. The molecule has 0 unspecified atom stereocenters. The Kier molecular flexibility index (Phi) is 8.06. The van der Waals surface area contributed by atoms with Crippen LogP contribution < -0.4 is 10.6 Å². The standard InChI is InChI=1S/C22H34N6O2S/c1-4-23-22(25-16-18-11-12-19(17(2)15-18)31(3,29)30)24-13-8-10-21-27-26-20-9-6-5-7-14-28(20)21/h11-12,15H,4-10,13-14,16H2,1-3H3,(H2,23,24,25). The number of sulfone groups is 1. The Morgan fingerprint density at radius 3 is 2.77 bits per heavy atom. The van der Waals surface area contributed by atoms with Crippen LogP contribution in [-0.4, -0.2) is 48.5 Å². The van der Waals surface area contributed by atoms with E-state index in [0.717, 1.165) is 67.6 Å². The zero-order chi connectivity index (χ0) is 22.3. The third kappa shape index (κ3) is 6.53. The van der Waals surface area contributed by atoms with Crippen molar-refractivity contribution in [2.75, 3.05) is 19.3 Å². The summed E-state index contributed by atoms with van der Waals surface area (Å²) in [6.07, 6.45) is 7.79. The van der Waals surface area contributed by atoms with Crippen molar-refractivity contribution in [3.8, 4) is 0 Å². The van der Waals surface area contributed by atoms with E-state index < -0.39 is 9.84 Å². The van der Waals surface area contributed by atoms with Gasteiger partial charge in [0, 0.05) is 38.7 Å². The number of guanidine groups is 1. The molecule has 1 aliphatic heterocycles. The summed E-state index contributed by atoms with van der Waals surface area (Å²) in [6.45, 7) is 6.94. The van der Waals surface area contributed by atoms with E-state index in [4.69, 9.17) is 0 Å². The zero-order valence-corrected chi connectivity index (χ0v) is 19.6. The molecule has 2 N–H and O–H groups in total. The summed E-state index contributed by atoms with van der Waals surface area (Å²) < 4.78 is 25.9. The molecule has 0 atom stereocenters. The molecule has 9 heteroatoms. The Morgan fingerprint density at radius 2 is 2.03 bits per heavy atom. The molecule has 2 heterocycles. The highest BCUT2D eigenvalue weighted by Crippen LogP contribution is 2.17. The number of aryl methyl sites for hydroxylation is 3. The first-order chi connectivity index (χ1) is 14.9. The number of fused-ring (bicyclic) bond motifs is 1. The van der Waals surface area contributed by atoms with Crippen molar-refractivity contribution < 1.29 is 8.42 Å². The van der Waals surface area contributed by atoms with Crippen LogP contribution in [-0.2, 0) is 35.8 Å². The predicted molar refractivity (Wildman–Crippen MR) is 123 cm³/mol. The topological polar surface area (TPSA) is 101 Å². The molecule has 3 rings (SSSR count). The van der Waals surface area contributed by atoms with Crippen LogP contribution in [0.5, 0.6) is 0 Å². The van der Waals surface area contributed by atoms with Crippen LogP contribution in [0.15, 0.2) is 28.1 Å². The Morgan fingerprint density at radius 1 is 1.19 bits per heavy atom. The lowest BCUT2D eigenvalue weighted by Gasteiger charge is -2.12. The molecule has 0 saturated carbocycles. The molecule has 0 spiro atoms. The molecule has 1 aliphatic rings. The lowest BCUT2D eigenvalue weighted by molar-refractivity contribution is 0.594. The van der Waals surface area contributed by atoms with E-state index in [9.17, 15) is 8.42 Å². The summed E-state index contributed by atoms with van der Waals surface area (Å²) in [6, 6.07) is 5.38. The minimum absolute atomic E-state index is 0.372. The highest BCUT2D eigenvalue weighted by Gasteiger charge is 2.14. The molecule has 0 aliphatic carbocycles. The maximum absolute atomic E-state index is 11.8. The average Bonchev–Trinajstić information content (AvgIpc) is 2.94.